The van der Waals surface area contributed by atoms with E-state index >= 15 is 0 Å². The predicted octanol–water partition coefficient (Wildman–Crippen LogP) is 2.26. The van der Waals surface area contributed by atoms with Crippen molar-refractivity contribution in [2.75, 3.05) is 0 Å². The Kier molecular flexibility index (Phi) is 3.71. The van der Waals surface area contributed by atoms with Crippen molar-refractivity contribution in [3.63, 3.8) is 0 Å². The van der Waals surface area contributed by atoms with Crippen molar-refractivity contribution < 1.29 is 4.84 Å². The van der Waals surface area contributed by atoms with E-state index in [-0.39, 0.29) is 0 Å². The maximum absolute atomic E-state index is 5.43. The number of nitrogens with zero attached hydrogens (tertiary/aromatic N) is 3. The van der Waals surface area contributed by atoms with Crippen LogP contribution in [0.4, 0.5) is 0 Å². The zero-order valence-corrected chi connectivity index (χ0v) is 11.3. The fourth-order valence-electron chi connectivity index (χ4n) is 1.97. The molecule has 2 aromatic heterocycles. The van der Waals surface area contributed by atoms with Crippen LogP contribution in [0.3, 0.4) is 0 Å². The van der Waals surface area contributed by atoms with Crippen molar-refractivity contribution in [1.29, 1.82) is 0 Å². The predicted molar refractivity (Wildman–Crippen MR) is 75.8 cm³/mol. The van der Waals surface area contributed by atoms with E-state index in [1.165, 1.54) is 0 Å². The second-order valence-electron chi connectivity index (χ2n) is 4.65. The lowest BCUT2D eigenvalue weighted by Gasteiger charge is -2.06. The Labute approximate surface area is 117 Å². The summed E-state index contributed by atoms with van der Waals surface area (Å²) in [6.45, 7) is 3.08. The van der Waals surface area contributed by atoms with Gasteiger partial charge in [-0.05, 0) is 12.5 Å². The maximum Gasteiger partial charge on any atom is 0.155 e. The van der Waals surface area contributed by atoms with Crippen LogP contribution < -0.4 is 5.48 Å². The van der Waals surface area contributed by atoms with Crippen LogP contribution in [0.5, 0.6) is 0 Å². The van der Waals surface area contributed by atoms with Crippen LogP contribution in [0.15, 0.2) is 48.8 Å². The molecule has 1 aromatic carbocycles. The molecule has 0 radical (unpaired) electrons. The molecule has 5 nitrogen and oxygen atoms in total. The van der Waals surface area contributed by atoms with E-state index in [0.29, 0.717) is 13.2 Å². The minimum atomic E-state index is 0.539. The van der Waals surface area contributed by atoms with Crippen molar-refractivity contribution in [3.05, 3.63) is 65.6 Å². The molecule has 0 bridgehead atoms. The van der Waals surface area contributed by atoms with Gasteiger partial charge in [0.05, 0.1) is 12.3 Å². The zero-order chi connectivity index (χ0) is 13.8. The van der Waals surface area contributed by atoms with E-state index in [0.717, 1.165) is 22.5 Å². The van der Waals surface area contributed by atoms with Crippen molar-refractivity contribution in [3.8, 4) is 0 Å². The first-order valence-corrected chi connectivity index (χ1v) is 6.51. The molecule has 0 saturated heterocycles. The van der Waals surface area contributed by atoms with E-state index in [1.807, 2.05) is 55.7 Å². The van der Waals surface area contributed by atoms with Gasteiger partial charge in [-0.15, -0.1) is 0 Å². The molecular formula is C15H16N4O. The Balaban J connectivity index is 1.54. The molecule has 0 atom stereocenters. The van der Waals surface area contributed by atoms with E-state index in [4.69, 9.17) is 4.84 Å². The number of hydroxylamine groups is 1. The Morgan fingerprint density at radius 1 is 1.20 bits per heavy atom. The molecule has 0 unspecified atom stereocenters. The Bertz CT molecular complexity index is 693. The summed E-state index contributed by atoms with van der Waals surface area (Å²) >= 11 is 0. The molecule has 0 saturated carbocycles. The van der Waals surface area contributed by atoms with Crippen LogP contribution in [0, 0.1) is 6.92 Å². The summed E-state index contributed by atoms with van der Waals surface area (Å²) in [7, 11) is 0. The quantitative estimate of drug-likeness (QED) is 0.569. The molecule has 5 heteroatoms. The first-order valence-electron chi connectivity index (χ1n) is 6.51. The van der Waals surface area contributed by atoms with Crippen LogP contribution in [0.1, 0.15) is 16.8 Å². The summed E-state index contributed by atoms with van der Waals surface area (Å²) in [5, 5.41) is 4.34. The molecule has 102 valence electrons. The standard InChI is InChI=1S/C15H16N4O/c1-12-7-15-16-8-14(10-19(15)18-12)9-17-20-11-13-5-3-2-4-6-13/h2-8,10,17H,9,11H2,1H3. The molecule has 3 aromatic rings. The highest BCUT2D eigenvalue weighted by Gasteiger charge is 2.00. The molecule has 0 spiro atoms. The summed E-state index contributed by atoms with van der Waals surface area (Å²) in [5.74, 6) is 0. The number of fused-ring (bicyclic) bond motifs is 1. The number of hydrogen-bond donors (Lipinski definition) is 1. The van der Waals surface area contributed by atoms with Crippen LogP contribution in [-0.2, 0) is 18.0 Å². The summed E-state index contributed by atoms with van der Waals surface area (Å²) in [5.41, 5.74) is 6.92. The molecule has 1 N–H and O–H groups in total. The van der Waals surface area contributed by atoms with Crippen molar-refractivity contribution in [2.24, 2.45) is 0 Å². The molecule has 0 fully saturated rings. The maximum atomic E-state index is 5.43. The fraction of sp³-hybridized carbons (Fsp3) is 0.200. The van der Waals surface area contributed by atoms with Gasteiger partial charge in [-0.2, -0.15) is 10.6 Å². The molecule has 0 aliphatic rings. The van der Waals surface area contributed by atoms with Gasteiger partial charge in [-0.25, -0.2) is 9.50 Å². The van der Waals surface area contributed by atoms with Crippen molar-refractivity contribution in [1.82, 2.24) is 20.1 Å². The topological polar surface area (TPSA) is 51.5 Å². The summed E-state index contributed by atoms with van der Waals surface area (Å²) < 4.78 is 1.78. The number of hydrogen-bond acceptors (Lipinski definition) is 4. The summed E-state index contributed by atoms with van der Waals surface area (Å²) in [6.07, 6.45) is 3.78. The van der Waals surface area contributed by atoms with Crippen molar-refractivity contribution in [2.45, 2.75) is 20.1 Å². The second-order valence-corrected chi connectivity index (χ2v) is 4.65. The fourth-order valence-corrected chi connectivity index (χ4v) is 1.97. The van der Waals surface area contributed by atoms with E-state index in [2.05, 4.69) is 15.6 Å². The number of benzene rings is 1. The third-order valence-electron chi connectivity index (χ3n) is 2.95. The van der Waals surface area contributed by atoms with Gasteiger partial charge in [0.25, 0.3) is 0 Å². The molecular weight excluding hydrogens is 252 g/mol. The SMILES string of the molecule is Cc1cc2ncc(CNOCc3ccccc3)cn2n1. The average molecular weight is 268 g/mol. The number of nitrogens with one attached hydrogen (secondary N) is 1. The van der Waals surface area contributed by atoms with Gasteiger partial charge < -0.3 is 0 Å². The zero-order valence-electron chi connectivity index (χ0n) is 11.3. The third-order valence-corrected chi connectivity index (χ3v) is 2.95. The third kappa shape index (κ3) is 3.01. The molecule has 0 aliphatic carbocycles. The lowest BCUT2D eigenvalue weighted by Crippen LogP contribution is -2.14. The van der Waals surface area contributed by atoms with Crippen LogP contribution in [0.2, 0.25) is 0 Å². The van der Waals surface area contributed by atoms with Gasteiger partial charge in [0.2, 0.25) is 0 Å². The Morgan fingerprint density at radius 3 is 2.90 bits per heavy atom. The second kappa shape index (κ2) is 5.81. The van der Waals surface area contributed by atoms with Crippen LogP contribution in [-0.4, -0.2) is 14.6 Å². The number of aromatic nitrogens is 3. The summed E-state index contributed by atoms with van der Waals surface area (Å²) in [4.78, 5) is 9.78. The number of aryl methyl sites for hydroxylation is 1. The minimum absolute atomic E-state index is 0.539. The van der Waals surface area contributed by atoms with Crippen LogP contribution in [0.25, 0.3) is 5.65 Å². The summed E-state index contributed by atoms with van der Waals surface area (Å²) in [6, 6.07) is 12.0. The molecule has 0 amide bonds. The van der Waals surface area contributed by atoms with E-state index in [1.54, 1.807) is 4.52 Å². The van der Waals surface area contributed by atoms with Gasteiger partial charge >= 0.3 is 0 Å². The first-order chi connectivity index (χ1) is 9.81. The van der Waals surface area contributed by atoms with Gasteiger partial charge in [-0.1, -0.05) is 30.3 Å². The molecule has 3 rings (SSSR count). The van der Waals surface area contributed by atoms with Gasteiger partial charge in [0.15, 0.2) is 5.65 Å². The molecule has 2 heterocycles. The smallest absolute Gasteiger partial charge is 0.155 e. The van der Waals surface area contributed by atoms with Gasteiger partial charge in [-0.3, -0.25) is 4.84 Å². The van der Waals surface area contributed by atoms with E-state index in [9.17, 15) is 0 Å². The molecule has 0 aliphatic heterocycles. The monoisotopic (exact) mass is 268 g/mol. The first kappa shape index (κ1) is 12.8. The lowest BCUT2D eigenvalue weighted by atomic mass is 10.2. The highest BCUT2D eigenvalue weighted by molar-refractivity contribution is 5.38. The normalized spacial score (nSPS) is 11.1. The van der Waals surface area contributed by atoms with E-state index < -0.39 is 0 Å². The van der Waals surface area contributed by atoms with Crippen molar-refractivity contribution >= 4 is 5.65 Å². The highest BCUT2D eigenvalue weighted by Crippen LogP contribution is 2.05. The lowest BCUT2D eigenvalue weighted by molar-refractivity contribution is 0.0234. The largest absolute Gasteiger partial charge is 0.297 e. The Morgan fingerprint density at radius 2 is 2.05 bits per heavy atom. The minimum Gasteiger partial charge on any atom is -0.297 e. The average Bonchev–Trinajstić information content (AvgIpc) is 2.84. The highest BCUT2D eigenvalue weighted by atomic mass is 16.6. The number of rotatable bonds is 5. The van der Waals surface area contributed by atoms with Gasteiger partial charge in [0.1, 0.15) is 0 Å². The van der Waals surface area contributed by atoms with Crippen LogP contribution >= 0.6 is 0 Å². The Hall–Kier alpha value is -2.24. The molecule has 20 heavy (non-hydrogen) atoms. The van der Waals surface area contributed by atoms with Gasteiger partial charge in [0, 0.05) is 30.6 Å².